The Balaban J connectivity index is 2.17. The summed E-state index contributed by atoms with van der Waals surface area (Å²) in [4.78, 5) is 12.3. The SMILES string of the molecule is CCC1CC1NC(=O)c1cc(C)ccc1C#CCO. The number of carbonyl (C=O) groups is 1. The van der Waals surface area contributed by atoms with Gasteiger partial charge in [-0.2, -0.15) is 0 Å². The third-order valence-corrected chi connectivity index (χ3v) is 3.49. The molecule has 0 radical (unpaired) electrons. The Morgan fingerprint density at radius 1 is 1.53 bits per heavy atom. The summed E-state index contributed by atoms with van der Waals surface area (Å²) in [7, 11) is 0. The number of aliphatic hydroxyl groups excluding tert-OH is 1. The van der Waals surface area contributed by atoms with E-state index in [1.54, 1.807) is 0 Å². The van der Waals surface area contributed by atoms with Crippen molar-refractivity contribution in [2.24, 2.45) is 5.92 Å². The Morgan fingerprint density at radius 2 is 2.32 bits per heavy atom. The van der Waals surface area contributed by atoms with E-state index in [0.717, 1.165) is 18.4 Å². The highest BCUT2D eigenvalue weighted by Gasteiger charge is 2.36. The molecule has 1 saturated carbocycles. The van der Waals surface area contributed by atoms with Crippen molar-refractivity contribution in [3.63, 3.8) is 0 Å². The van der Waals surface area contributed by atoms with E-state index in [-0.39, 0.29) is 12.5 Å². The molecule has 0 aromatic heterocycles. The number of nitrogens with one attached hydrogen (secondary N) is 1. The second-order valence-corrected chi connectivity index (χ2v) is 4.99. The van der Waals surface area contributed by atoms with Crippen LogP contribution in [-0.2, 0) is 0 Å². The second kappa shape index (κ2) is 5.90. The number of carbonyl (C=O) groups excluding carboxylic acids is 1. The lowest BCUT2D eigenvalue weighted by Crippen LogP contribution is -2.27. The van der Waals surface area contributed by atoms with Gasteiger partial charge in [-0.05, 0) is 31.4 Å². The lowest BCUT2D eigenvalue weighted by molar-refractivity contribution is 0.0948. The topological polar surface area (TPSA) is 49.3 Å². The van der Waals surface area contributed by atoms with Crippen molar-refractivity contribution < 1.29 is 9.90 Å². The maximum atomic E-state index is 12.3. The van der Waals surface area contributed by atoms with Gasteiger partial charge in [-0.25, -0.2) is 0 Å². The van der Waals surface area contributed by atoms with Crippen molar-refractivity contribution in [1.82, 2.24) is 5.32 Å². The third kappa shape index (κ3) is 3.36. The molecule has 1 aromatic rings. The molecule has 1 aromatic carbocycles. The van der Waals surface area contributed by atoms with Crippen LogP contribution in [0.2, 0.25) is 0 Å². The number of hydrogen-bond donors (Lipinski definition) is 2. The van der Waals surface area contributed by atoms with Crippen LogP contribution in [0.25, 0.3) is 0 Å². The summed E-state index contributed by atoms with van der Waals surface area (Å²) >= 11 is 0. The first kappa shape index (κ1) is 13.6. The van der Waals surface area contributed by atoms with E-state index < -0.39 is 0 Å². The minimum atomic E-state index is -0.199. The lowest BCUT2D eigenvalue weighted by atomic mass is 10.0. The molecule has 100 valence electrons. The molecule has 0 aliphatic heterocycles. The quantitative estimate of drug-likeness (QED) is 0.812. The van der Waals surface area contributed by atoms with Crippen LogP contribution in [0.3, 0.4) is 0 Å². The summed E-state index contributed by atoms with van der Waals surface area (Å²) in [5.74, 6) is 5.99. The smallest absolute Gasteiger partial charge is 0.252 e. The van der Waals surface area contributed by atoms with Gasteiger partial charge in [0.1, 0.15) is 6.61 Å². The highest BCUT2D eigenvalue weighted by atomic mass is 16.2. The molecule has 19 heavy (non-hydrogen) atoms. The largest absolute Gasteiger partial charge is 0.384 e. The molecule has 0 heterocycles. The van der Waals surface area contributed by atoms with Crippen LogP contribution < -0.4 is 5.32 Å². The number of aryl methyl sites for hydroxylation is 1. The first-order valence-corrected chi connectivity index (χ1v) is 6.67. The predicted molar refractivity (Wildman–Crippen MR) is 74.8 cm³/mol. The molecule has 1 aliphatic rings. The predicted octanol–water partition coefficient (Wildman–Crippen LogP) is 1.87. The van der Waals surface area contributed by atoms with Crippen LogP contribution in [0.15, 0.2) is 18.2 Å². The van der Waals surface area contributed by atoms with Gasteiger partial charge in [0.15, 0.2) is 0 Å². The van der Waals surface area contributed by atoms with E-state index in [2.05, 4.69) is 24.1 Å². The van der Waals surface area contributed by atoms with Gasteiger partial charge < -0.3 is 10.4 Å². The van der Waals surface area contributed by atoms with Gasteiger partial charge in [0.2, 0.25) is 0 Å². The number of aliphatic hydroxyl groups is 1. The molecular weight excluding hydrogens is 238 g/mol. The maximum Gasteiger partial charge on any atom is 0.252 e. The van der Waals surface area contributed by atoms with E-state index in [0.29, 0.717) is 23.1 Å². The minimum absolute atomic E-state index is 0.0631. The van der Waals surface area contributed by atoms with Crippen molar-refractivity contribution in [2.75, 3.05) is 6.61 Å². The van der Waals surface area contributed by atoms with Crippen molar-refractivity contribution >= 4 is 5.91 Å². The highest BCUT2D eigenvalue weighted by molar-refractivity contribution is 5.97. The molecule has 0 bridgehead atoms. The zero-order valence-electron chi connectivity index (χ0n) is 11.4. The van der Waals surface area contributed by atoms with E-state index >= 15 is 0 Å². The molecule has 1 fully saturated rings. The third-order valence-electron chi connectivity index (χ3n) is 3.49. The first-order chi connectivity index (χ1) is 9.15. The van der Waals surface area contributed by atoms with Gasteiger partial charge in [0, 0.05) is 11.6 Å². The standard InChI is InChI=1S/C16H19NO2/c1-3-12-10-15(12)17-16(19)14-9-11(2)6-7-13(14)5-4-8-18/h6-7,9,12,15,18H,3,8,10H2,1-2H3,(H,17,19). The summed E-state index contributed by atoms with van der Waals surface area (Å²) in [5.41, 5.74) is 2.30. The molecule has 1 amide bonds. The maximum absolute atomic E-state index is 12.3. The molecule has 0 saturated heterocycles. The second-order valence-electron chi connectivity index (χ2n) is 4.99. The Bertz CT molecular complexity index is 539. The molecular formula is C16H19NO2. The van der Waals surface area contributed by atoms with Crippen LogP contribution in [0.1, 0.15) is 41.3 Å². The van der Waals surface area contributed by atoms with Crippen molar-refractivity contribution in [3.8, 4) is 11.8 Å². The van der Waals surface area contributed by atoms with E-state index in [1.165, 1.54) is 0 Å². The number of benzene rings is 1. The van der Waals surface area contributed by atoms with Gasteiger partial charge in [-0.1, -0.05) is 36.8 Å². The van der Waals surface area contributed by atoms with Crippen LogP contribution in [0, 0.1) is 24.7 Å². The van der Waals surface area contributed by atoms with Gasteiger partial charge in [0.05, 0.1) is 5.56 Å². The van der Waals surface area contributed by atoms with E-state index in [4.69, 9.17) is 5.11 Å². The molecule has 2 unspecified atom stereocenters. The summed E-state index contributed by atoms with van der Waals surface area (Å²) in [6.07, 6.45) is 2.18. The van der Waals surface area contributed by atoms with Crippen molar-refractivity contribution in [2.45, 2.75) is 32.7 Å². The fourth-order valence-corrected chi connectivity index (χ4v) is 2.21. The normalized spacial score (nSPS) is 20.4. The van der Waals surface area contributed by atoms with Gasteiger partial charge in [-0.15, -0.1) is 0 Å². The fourth-order valence-electron chi connectivity index (χ4n) is 2.21. The van der Waals surface area contributed by atoms with Crippen LogP contribution in [0.5, 0.6) is 0 Å². The Morgan fingerprint density at radius 3 is 2.95 bits per heavy atom. The van der Waals surface area contributed by atoms with Gasteiger partial charge >= 0.3 is 0 Å². The van der Waals surface area contributed by atoms with Gasteiger partial charge in [-0.3, -0.25) is 4.79 Å². The molecule has 3 nitrogen and oxygen atoms in total. The van der Waals surface area contributed by atoms with Crippen LogP contribution in [0.4, 0.5) is 0 Å². The lowest BCUT2D eigenvalue weighted by Gasteiger charge is -2.07. The molecule has 2 rings (SSSR count). The minimum Gasteiger partial charge on any atom is -0.384 e. The summed E-state index contributed by atoms with van der Waals surface area (Å²) in [5, 5.41) is 11.8. The monoisotopic (exact) mass is 257 g/mol. The Labute approximate surface area is 114 Å². The molecule has 3 heteroatoms. The Kier molecular flexibility index (Phi) is 4.24. The van der Waals surface area contributed by atoms with E-state index in [1.807, 2.05) is 25.1 Å². The average Bonchev–Trinajstić information content (AvgIpc) is 3.15. The zero-order valence-corrected chi connectivity index (χ0v) is 11.4. The molecule has 2 atom stereocenters. The van der Waals surface area contributed by atoms with E-state index in [9.17, 15) is 4.79 Å². The average molecular weight is 257 g/mol. The van der Waals surface area contributed by atoms with Crippen molar-refractivity contribution in [3.05, 3.63) is 34.9 Å². The number of hydrogen-bond acceptors (Lipinski definition) is 2. The molecule has 2 N–H and O–H groups in total. The highest BCUT2D eigenvalue weighted by Crippen LogP contribution is 2.33. The summed E-state index contributed by atoms with van der Waals surface area (Å²) in [6.45, 7) is 3.89. The number of rotatable bonds is 3. The summed E-state index contributed by atoms with van der Waals surface area (Å²) in [6, 6.07) is 5.91. The van der Waals surface area contributed by atoms with Crippen LogP contribution >= 0.6 is 0 Å². The zero-order chi connectivity index (χ0) is 13.8. The first-order valence-electron chi connectivity index (χ1n) is 6.67. The van der Waals surface area contributed by atoms with Gasteiger partial charge in [0.25, 0.3) is 5.91 Å². The Hall–Kier alpha value is -1.79. The van der Waals surface area contributed by atoms with Crippen molar-refractivity contribution in [1.29, 1.82) is 0 Å². The number of amides is 1. The molecule has 0 spiro atoms. The molecule has 1 aliphatic carbocycles. The van der Waals surface area contributed by atoms with Crippen LogP contribution in [-0.4, -0.2) is 23.7 Å². The summed E-state index contributed by atoms with van der Waals surface area (Å²) < 4.78 is 0. The fraction of sp³-hybridized carbons (Fsp3) is 0.438.